The van der Waals surface area contributed by atoms with Crippen LogP contribution in [0, 0.1) is 24.0 Å². The van der Waals surface area contributed by atoms with Gasteiger partial charge in [0.1, 0.15) is 0 Å². The van der Waals surface area contributed by atoms with Crippen LogP contribution in [0.2, 0.25) is 0 Å². The van der Waals surface area contributed by atoms with Gasteiger partial charge in [-0.1, -0.05) is 6.07 Å². The van der Waals surface area contributed by atoms with E-state index < -0.39 is 14.9 Å². The second-order valence-corrected chi connectivity index (χ2v) is 8.25. The van der Waals surface area contributed by atoms with Gasteiger partial charge in [-0.15, -0.1) is 0 Å². The van der Waals surface area contributed by atoms with Gasteiger partial charge in [0.25, 0.3) is 10.0 Å². The number of nitrogens with zero attached hydrogens (tertiary/aromatic N) is 2. The average molecular weight is 421 g/mol. The van der Waals surface area contributed by atoms with E-state index in [4.69, 9.17) is 9.47 Å². The summed E-state index contributed by atoms with van der Waals surface area (Å²) >= 11 is 0. The third-order valence-electron chi connectivity index (χ3n) is 4.00. The van der Waals surface area contributed by atoms with Gasteiger partial charge < -0.3 is 9.47 Å². The minimum Gasteiger partial charge on any atom is -0.493 e. The van der Waals surface area contributed by atoms with E-state index in [0.29, 0.717) is 0 Å². The number of hydrogen-bond acceptors (Lipinski definition) is 7. The summed E-state index contributed by atoms with van der Waals surface area (Å²) in [6, 6.07) is 7.42. The predicted molar refractivity (Wildman–Crippen MR) is 109 cm³/mol. The van der Waals surface area contributed by atoms with Gasteiger partial charge >= 0.3 is 5.69 Å². The Hall–Kier alpha value is -3.14. The van der Waals surface area contributed by atoms with Crippen LogP contribution < -0.4 is 14.3 Å². The van der Waals surface area contributed by atoms with Crippen LogP contribution in [0.3, 0.4) is 0 Å². The van der Waals surface area contributed by atoms with E-state index in [1.807, 2.05) is 13.8 Å². The molecule has 0 saturated carbocycles. The van der Waals surface area contributed by atoms with Crippen LogP contribution in [0.1, 0.15) is 30.5 Å². The minimum absolute atomic E-state index is 0.000335. The summed E-state index contributed by atoms with van der Waals surface area (Å²) in [5, 5.41) is 15.1. The highest BCUT2D eigenvalue weighted by Gasteiger charge is 2.23. The van der Waals surface area contributed by atoms with Gasteiger partial charge in [-0.3, -0.25) is 10.1 Å². The highest BCUT2D eigenvalue weighted by atomic mass is 32.2. The van der Waals surface area contributed by atoms with Crippen molar-refractivity contribution in [1.29, 1.82) is 0 Å². The number of rotatable bonds is 8. The minimum atomic E-state index is -3.87. The van der Waals surface area contributed by atoms with E-state index >= 15 is 0 Å². The first kappa shape index (κ1) is 22.2. The first-order valence-electron chi connectivity index (χ1n) is 8.70. The van der Waals surface area contributed by atoms with Crippen LogP contribution >= 0.6 is 0 Å². The maximum atomic E-state index is 12.4. The Balaban J connectivity index is 2.33. The zero-order valence-corrected chi connectivity index (χ0v) is 17.6. The van der Waals surface area contributed by atoms with E-state index in [2.05, 4.69) is 9.93 Å². The summed E-state index contributed by atoms with van der Waals surface area (Å²) in [5.41, 5.74) is 1.76. The maximum Gasteiger partial charge on any atom is 0.315 e. The van der Waals surface area contributed by atoms with Crippen LogP contribution in [0.25, 0.3) is 0 Å². The summed E-state index contributed by atoms with van der Waals surface area (Å²) in [6.07, 6.45) is 0.861. The number of methoxy groups -OCH3 is 1. The number of sulfonamides is 1. The number of hydrogen-bond donors (Lipinski definition) is 1. The number of nitro groups is 1. The van der Waals surface area contributed by atoms with Crippen molar-refractivity contribution in [2.24, 2.45) is 5.10 Å². The second-order valence-electron chi connectivity index (χ2n) is 6.59. The molecule has 0 aromatic heterocycles. The lowest BCUT2D eigenvalue weighted by atomic mass is 10.1. The highest BCUT2D eigenvalue weighted by molar-refractivity contribution is 7.89. The Kier molecular flexibility index (Phi) is 6.80. The van der Waals surface area contributed by atoms with Crippen LogP contribution in [0.4, 0.5) is 5.69 Å². The molecule has 0 fully saturated rings. The molecule has 0 saturated heterocycles. The lowest BCUT2D eigenvalue weighted by Gasteiger charge is -2.14. The van der Waals surface area contributed by atoms with Crippen LogP contribution in [0.15, 0.2) is 40.3 Å². The number of aryl methyl sites for hydroxylation is 2. The summed E-state index contributed by atoms with van der Waals surface area (Å²) in [6.45, 7) is 7.16. The highest BCUT2D eigenvalue weighted by Crippen LogP contribution is 2.38. The third kappa shape index (κ3) is 5.44. The molecular weight excluding hydrogens is 398 g/mol. The van der Waals surface area contributed by atoms with E-state index in [0.717, 1.165) is 17.3 Å². The van der Waals surface area contributed by atoms with Crippen molar-refractivity contribution in [3.8, 4) is 11.5 Å². The molecule has 0 atom stereocenters. The first-order chi connectivity index (χ1) is 13.5. The largest absolute Gasteiger partial charge is 0.493 e. The SMILES string of the molecule is COc1cc(/C=N/NS(=O)(=O)c2ccc(C)c(C)c2)cc([N+](=O)[O-])c1OC(C)C. The van der Waals surface area contributed by atoms with E-state index in [9.17, 15) is 18.5 Å². The molecule has 2 aromatic carbocycles. The average Bonchev–Trinajstić information content (AvgIpc) is 2.63. The Morgan fingerprint density at radius 3 is 2.41 bits per heavy atom. The van der Waals surface area contributed by atoms with Crippen LogP contribution in [0.5, 0.6) is 11.5 Å². The van der Waals surface area contributed by atoms with Crippen molar-refractivity contribution in [2.45, 2.75) is 38.7 Å². The Morgan fingerprint density at radius 1 is 1.17 bits per heavy atom. The lowest BCUT2D eigenvalue weighted by molar-refractivity contribution is -0.386. The molecule has 156 valence electrons. The third-order valence-corrected chi connectivity index (χ3v) is 5.22. The maximum absolute atomic E-state index is 12.4. The molecule has 0 radical (unpaired) electrons. The number of hydrazone groups is 1. The lowest BCUT2D eigenvalue weighted by Crippen LogP contribution is -2.18. The van der Waals surface area contributed by atoms with Crippen molar-refractivity contribution in [3.05, 3.63) is 57.1 Å². The second kappa shape index (κ2) is 8.91. The molecule has 10 heteroatoms. The van der Waals surface area contributed by atoms with Crippen molar-refractivity contribution in [2.75, 3.05) is 7.11 Å². The molecule has 0 aliphatic carbocycles. The molecule has 0 aliphatic rings. The summed E-state index contributed by atoms with van der Waals surface area (Å²) in [7, 11) is -2.52. The molecule has 0 bridgehead atoms. The Bertz CT molecular complexity index is 1050. The van der Waals surface area contributed by atoms with Gasteiger partial charge in [0, 0.05) is 11.6 Å². The number of benzene rings is 2. The molecule has 0 spiro atoms. The fourth-order valence-corrected chi connectivity index (χ4v) is 3.30. The van der Waals surface area contributed by atoms with Crippen LogP contribution in [-0.4, -0.2) is 32.8 Å². The zero-order chi connectivity index (χ0) is 21.8. The monoisotopic (exact) mass is 421 g/mol. The molecule has 0 unspecified atom stereocenters. The molecule has 29 heavy (non-hydrogen) atoms. The molecular formula is C19H23N3O6S. The summed E-state index contributed by atoms with van der Waals surface area (Å²) < 4.78 is 35.5. The normalized spacial score (nSPS) is 11.7. The van der Waals surface area contributed by atoms with Gasteiger partial charge in [-0.2, -0.15) is 13.5 Å². The molecule has 0 heterocycles. The predicted octanol–water partition coefficient (Wildman–Crippen LogP) is 3.32. The smallest absolute Gasteiger partial charge is 0.315 e. The molecule has 2 rings (SSSR count). The number of nitro benzene ring substituents is 1. The van der Waals surface area contributed by atoms with E-state index in [1.54, 1.807) is 26.0 Å². The molecule has 1 N–H and O–H groups in total. The van der Waals surface area contributed by atoms with Gasteiger partial charge in [-0.05, 0) is 57.0 Å². The van der Waals surface area contributed by atoms with Crippen molar-refractivity contribution in [3.63, 3.8) is 0 Å². The van der Waals surface area contributed by atoms with Gasteiger partial charge in [0.05, 0.1) is 29.2 Å². The molecule has 0 aliphatic heterocycles. The molecule has 9 nitrogen and oxygen atoms in total. The van der Waals surface area contributed by atoms with Gasteiger partial charge in [0.15, 0.2) is 5.75 Å². The first-order valence-corrected chi connectivity index (χ1v) is 10.2. The number of nitrogens with one attached hydrogen (secondary N) is 1. The zero-order valence-electron chi connectivity index (χ0n) is 16.8. The summed E-state index contributed by atoms with van der Waals surface area (Å²) in [4.78, 5) is 13.0. The number of ether oxygens (including phenoxy) is 2. The molecule has 0 amide bonds. The fraction of sp³-hybridized carbons (Fsp3) is 0.316. The Labute approximate surface area is 169 Å². The van der Waals surface area contributed by atoms with Crippen LogP contribution in [-0.2, 0) is 10.0 Å². The van der Waals surface area contributed by atoms with Gasteiger partial charge in [0.2, 0.25) is 5.75 Å². The standard InChI is InChI=1S/C19H23N3O6S/c1-12(2)28-19-17(22(23)24)9-15(10-18(19)27-5)11-20-21-29(25,26)16-7-6-13(3)14(4)8-16/h6-12,21H,1-5H3/b20-11+. The Morgan fingerprint density at radius 2 is 1.86 bits per heavy atom. The van der Waals surface area contributed by atoms with Gasteiger partial charge in [-0.25, -0.2) is 4.83 Å². The van der Waals surface area contributed by atoms with Crippen molar-refractivity contribution < 1.29 is 22.8 Å². The topological polar surface area (TPSA) is 120 Å². The van der Waals surface area contributed by atoms with Crippen molar-refractivity contribution >= 4 is 21.9 Å². The molecule has 2 aromatic rings. The van der Waals surface area contributed by atoms with E-state index in [-0.39, 0.29) is 33.7 Å². The summed E-state index contributed by atoms with van der Waals surface area (Å²) in [5.74, 6) is 0.145. The quantitative estimate of drug-likeness (QED) is 0.397. The van der Waals surface area contributed by atoms with Crippen molar-refractivity contribution in [1.82, 2.24) is 4.83 Å². The van der Waals surface area contributed by atoms with E-state index in [1.165, 1.54) is 25.3 Å². The fourth-order valence-electron chi connectivity index (χ4n) is 2.43.